The van der Waals surface area contributed by atoms with Crippen molar-refractivity contribution in [2.75, 3.05) is 0 Å². The molecule has 0 unspecified atom stereocenters. The zero-order valence-electron chi connectivity index (χ0n) is 8.23. The zero-order chi connectivity index (χ0) is 9.07. The number of nitrogens with one attached hydrogen (secondary N) is 1. The maximum atomic E-state index is 7.65. The van der Waals surface area contributed by atoms with E-state index in [9.17, 15) is 0 Å². The van der Waals surface area contributed by atoms with Crippen molar-refractivity contribution in [1.29, 1.82) is 5.41 Å². The van der Waals surface area contributed by atoms with E-state index in [1.54, 1.807) is 0 Å². The lowest BCUT2D eigenvalue weighted by atomic mass is 9.89. The molecular formula is C10H19N. The molecule has 1 N–H and O–H groups in total. The first-order valence-corrected chi connectivity index (χ1v) is 4.11. The molecule has 0 aliphatic carbocycles. The van der Waals surface area contributed by atoms with E-state index < -0.39 is 0 Å². The first-order chi connectivity index (χ1) is 4.84. The second-order valence-electron chi connectivity index (χ2n) is 4.27. The fourth-order valence-corrected chi connectivity index (χ4v) is 0.539. The molecule has 0 aliphatic heterocycles. The minimum absolute atomic E-state index is 0.00854. The van der Waals surface area contributed by atoms with Crippen LogP contribution in [0, 0.1) is 16.7 Å². The summed E-state index contributed by atoms with van der Waals surface area (Å²) in [5.41, 5.74) is 0.692. The molecule has 0 heterocycles. The summed E-state index contributed by atoms with van der Waals surface area (Å²) in [7, 11) is 0. The largest absolute Gasteiger partial charge is 0.305 e. The van der Waals surface area contributed by atoms with Crippen molar-refractivity contribution in [2.24, 2.45) is 11.3 Å². The Morgan fingerprint density at radius 2 is 1.73 bits per heavy atom. The van der Waals surface area contributed by atoms with Crippen LogP contribution in [-0.2, 0) is 0 Å². The summed E-state index contributed by atoms with van der Waals surface area (Å²) in [4.78, 5) is 0. The molecule has 0 spiro atoms. The van der Waals surface area contributed by atoms with Crippen LogP contribution in [-0.4, -0.2) is 5.71 Å². The lowest BCUT2D eigenvalue weighted by Gasteiger charge is -2.16. The van der Waals surface area contributed by atoms with Crippen molar-refractivity contribution in [1.82, 2.24) is 0 Å². The van der Waals surface area contributed by atoms with Gasteiger partial charge in [0.05, 0.1) is 0 Å². The lowest BCUT2D eigenvalue weighted by Crippen LogP contribution is -2.16. The van der Waals surface area contributed by atoms with Crippen molar-refractivity contribution >= 4 is 5.71 Å². The quantitative estimate of drug-likeness (QED) is 0.589. The first kappa shape index (κ1) is 10.4. The normalized spacial score (nSPS) is 12.9. The van der Waals surface area contributed by atoms with Gasteiger partial charge in [-0.1, -0.05) is 40.7 Å². The predicted octanol–water partition coefficient (Wildman–Crippen LogP) is 3.26. The topological polar surface area (TPSA) is 23.9 Å². The van der Waals surface area contributed by atoms with Gasteiger partial charge < -0.3 is 5.41 Å². The highest BCUT2D eigenvalue weighted by atomic mass is 14.4. The number of rotatable bonds is 2. The molecule has 0 atom stereocenters. The smallest absolute Gasteiger partial charge is 0.0364 e. The molecule has 64 valence electrons. The Balaban J connectivity index is 4.09. The predicted molar refractivity (Wildman–Crippen MR) is 51.2 cm³/mol. The van der Waals surface area contributed by atoms with Gasteiger partial charge in [0.1, 0.15) is 0 Å². The van der Waals surface area contributed by atoms with E-state index in [1.807, 2.05) is 6.08 Å². The van der Waals surface area contributed by atoms with Gasteiger partial charge in [-0.2, -0.15) is 0 Å². The van der Waals surface area contributed by atoms with Crippen LogP contribution in [0.3, 0.4) is 0 Å². The van der Waals surface area contributed by atoms with Crippen molar-refractivity contribution in [3.63, 3.8) is 0 Å². The summed E-state index contributed by atoms with van der Waals surface area (Å²) in [6.45, 7) is 10.4. The number of hydrogen-bond donors (Lipinski definition) is 1. The zero-order valence-corrected chi connectivity index (χ0v) is 8.23. The highest BCUT2D eigenvalue weighted by molar-refractivity contribution is 5.96. The maximum Gasteiger partial charge on any atom is 0.0364 e. The van der Waals surface area contributed by atoms with E-state index in [-0.39, 0.29) is 5.41 Å². The molecule has 0 bridgehead atoms. The van der Waals surface area contributed by atoms with Crippen molar-refractivity contribution in [3.8, 4) is 0 Å². The third-order valence-corrected chi connectivity index (χ3v) is 1.46. The minimum atomic E-state index is -0.00854. The molecule has 1 heteroatoms. The fraction of sp³-hybridized carbons (Fsp3) is 0.700. The molecular weight excluding hydrogens is 134 g/mol. The van der Waals surface area contributed by atoms with Crippen molar-refractivity contribution in [2.45, 2.75) is 34.6 Å². The van der Waals surface area contributed by atoms with Crippen LogP contribution in [0.5, 0.6) is 0 Å². The molecule has 0 saturated carbocycles. The lowest BCUT2D eigenvalue weighted by molar-refractivity contribution is 0.590. The molecule has 0 aromatic carbocycles. The monoisotopic (exact) mass is 153 g/mol. The Bertz CT molecular complexity index is 158. The third kappa shape index (κ3) is 4.77. The molecule has 11 heavy (non-hydrogen) atoms. The molecule has 1 nitrogen and oxygen atoms in total. The molecule has 0 aromatic heterocycles. The SMILES string of the molecule is CC(C)C=CC(=N)C(C)(C)C. The summed E-state index contributed by atoms with van der Waals surface area (Å²) in [6, 6.07) is 0. The Kier molecular flexibility index (Phi) is 3.50. The highest BCUT2D eigenvalue weighted by Gasteiger charge is 2.13. The van der Waals surface area contributed by atoms with Crippen molar-refractivity contribution in [3.05, 3.63) is 12.2 Å². The Hall–Kier alpha value is -0.590. The minimum Gasteiger partial charge on any atom is -0.305 e. The van der Waals surface area contributed by atoms with Crippen LogP contribution in [0.25, 0.3) is 0 Å². The Morgan fingerprint density at radius 1 is 1.27 bits per heavy atom. The van der Waals surface area contributed by atoms with Crippen molar-refractivity contribution < 1.29 is 0 Å². The standard InChI is InChI=1S/C10H19N/c1-8(2)6-7-9(11)10(3,4)5/h6-8,11H,1-5H3. The summed E-state index contributed by atoms with van der Waals surface area (Å²) in [6.07, 6.45) is 3.97. The Morgan fingerprint density at radius 3 is 2.00 bits per heavy atom. The van der Waals surface area contributed by atoms with Gasteiger partial charge >= 0.3 is 0 Å². The van der Waals surface area contributed by atoms with Crippen LogP contribution in [0.4, 0.5) is 0 Å². The molecule has 0 radical (unpaired) electrons. The second-order valence-corrected chi connectivity index (χ2v) is 4.27. The van der Waals surface area contributed by atoms with Crippen LogP contribution >= 0.6 is 0 Å². The van der Waals surface area contributed by atoms with Gasteiger partial charge in [0.15, 0.2) is 0 Å². The highest BCUT2D eigenvalue weighted by Crippen LogP contribution is 2.15. The van der Waals surface area contributed by atoms with E-state index in [0.717, 1.165) is 0 Å². The Labute approximate surface area is 70.0 Å². The molecule has 0 fully saturated rings. The number of hydrogen-bond acceptors (Lipinski definition) is 1. The molecule has 0 aliphatic rings. The average Bonchev–Trinajstić information content (AvgIpc) is 1.80. The molecule has 0 aromatic rings. The summed E-state index contributed by atoms with van der Waals surface area (Å²) in [5, 5.41) is 7.65. The van der Waals surface area contributed by atoms with Gasteiger partial charge in [0.25, 0.3) is 0 Å². The van der Waals surface area contributed by atoms with E-state index >= 15 is 0 Å². The van der Waals surface area contributed by atoms with Gasteiger partial charge in [-0.3, -0.25) is 0 Å². The van der Waals surface area contributed by atoms with Crippen LogP contribution in [0.2, 0.25) is 0 Å². The van der Waals surface area contributed by atoms with Gasteiger partial charge in [-0.05, 0) is 12.0 Å². The van der Waals surface area contributed by atoms with Gasteiger partial charge in [-0.25, -0.2) is 0 Å². The third-order valence-electron chi connectivity index (χ3n) is 1.46. The van der Waals surface area contributed by atoms with E-state index in [0.29, 0.717) is 11.6 Å². The van der Waals surface area contributed by atoms with E-state index in [1.165, 1.54) is 0 Å². The fourth-order valence-electron chi connectivity index (χ4n) is 0.539. The van der Waals surface area contributed by atoms with Gasteiger partial charge in [-0.15, -0.1) is 0 Å². The van der Waals surface area contributed by atoms with Crippen LogP contribution in [0.15, 0.2) is 12.2 Å². The maximum absolute atomic E-state index is 7.65. The van der Waals surface area contributed by atoms with E-state index in [2.05, 4.69) is 40.7 Å². The van der Waals surface area contributed by atoms with Gasteiger partial charge in [0, 0.05) is 11.1 Å². The summed E-state index contributed by atoms with van der Waals surface area (Å²) >= 11 is 0. The molecule has 0 rings (SSSR count). The molecule has 0 amide bonds. The number of allylic oxidation sites excluding steroid dienone is 2. The summed E-state index contributed by atoms with van der Waals surface area (Å²) in [5.74, 6) is 0.540. The van der Waals surface area contributed by atoms with Crippen LogP contribution in [0.1, 0.15) is 34.6 Å². The van der Waals surface area contributed by atoms with Gasteiger partial charge in [0.2, 0.25) is 0 Å². The second kappa shape index (κ2) is 3.70. The van der Waals surface area contributed by atoms with Crippen LogP contribution < -0.4 is 0 Å². The average molecular weight is 153 g/mol. The molecule has 0 saturated heterocycles. The summed E-state index contributed by atoms with van der Waals surface area (Å²) < 4.78 is 0. The van der Waals surface area contributed by atoms with E-state index in [4.69, 9.17) is 5.41 Å². The first-order valence-electron chi connectivity index (χ1n) is 4.11.